The molecule has 1 heterocycles. The van der Waals surface area contributed by atoms with Crippen molar-refractivity contribution in [2.45, 2.75) is 23.5 Å². The topological polar surface area (TPSA) is 58.2 Å². The highest BCUT2D eigenvalue weighted by Gasteiger charge is 2.22. The largest absolute Gasteiger partial charge is 0.324 e. The fourth-order valence-electron chi connectivity index (χ4n) is 1.81. The number of hydrogen-bond acceptors (Lipinski definition) is 4. The van der Waals surface area contributed by atoms with Gasteiger partial charge < -0.3 is 15.4 Å². The number of carbonyl (C=O) groups is 2. The van der Waals surface area contributed by atoms with Crippen LogP contribution in [0.1, 0.15) is 12.5 Å². The average molecular weight is 264 g/mol. The maximum atomic E-state index is 11.6. The highest BCUT2D eigenvalue weighted by atomic mass is 32.2. The molecule has 0 radical (unpaired) electrons. The van der Waals surface area contributed by atoms with Crippen molar-refractivity contribution in [1.29, 1.82) is 0 Å². The zero-order chi connectivity index (χ0) is 13.0. The first-order valence-corrected chi connectivity index (χ1v) is 6.83. The maximum absolute atomic E-state index is 11.6. The van der Waals surface area contributed by atoms with E-state index in [1.807, 2.05) is 19.1 Å². The van der Waals surface area contributed by atoms with Crippen LogP contribution in [-0.4, -0.2) is 30.5 Å². The molecular weight excluding hydrogens is 248 g/mol. The Kier molecular flexibility index (Phi) is 4.38. The van der Waals surface area contributed by atoms with Crippen LogP contribution in [0.3, 0.4) is 0 Å². The van der Waals surface area contributed by atoms with Gasteiger partial charge in [-0.2, -0.15) is 0 Å². The number of amides is 1. The molecule has 1 atom stereocenters. The van der Waals surface area contributed by atoms with Crippen molar-refractivity contribution < 1.29 is 9.59 Å². The lowest BCUT2D eigenvalue weighted by atomic mass is 10.1. The van der Waals surface area contributed by atoms with Gasteiger partial charge in [-0.25, -0.2) is 0 Å². The fraction of sp³-hybridized carbons (Fsp3) is 0.385. The van der Waals surface area contributed by atoms with Gasteiger partial charge in [0.25, 0.3) is 0 Å². The molecule has 0 fully saturated rings. The van der Waals surface area contributed by atoms with Crippen LogP contribution in [0.15, 0.2) is 23.1 Å². The van der Waals surface area contributed by atoms with E-state index in [-0.39, 0.29) is 11.2 Å². The van der Waals surface area contributed by atoms with Crippen LogP contribution in [0.4, 0.5) is 5.69 Å². The lowest BCUT2D eigenvalue weighted by molar-refractivity contribution is -0.115. The maximum Gasteiger partial charge on any atom is 0.237 e. The number of rotatable bonds is 5. The van der Waals surface area contributed by atoms with E-state index in [1.54, 1.807) is 11.8 Å². The minimum Gasteiger partial charge on any atom is -0.324 e. The van der Waals surface area contributed by atoms with Crippen molar-refractivity contribution in [3.05, 3.63) is 23.8 Å². The zero-order valence-electron chi connectivity index (χ0n) is 10.2. The molecule has 96 valence electrons. The highest BCUT2D eigenvalue weighted by Crippen LogP contribution is 2.35. The molecule has 1 unspecified atom stereocenters. The number of carbonyl (C=O) groups excluding carboxylic acids is 2. The average Bonchev–Trinajstić information content (AvgIpc) is 2.36. The molecule has 18 heavy (non-hydrogen) atoms. The van der Waals surface area contributed by atoms with Crippen molar-refractivity contribution in [2.75, 3.05) is 18.4 Å². The van der Waals surface area contributed by atoms with Crippen LogP contribution >= 0.6 is 11.8 Å². The van der Waals surface area contributed by atoms with Crippen LogP contribution in [-0.2, 0) is 16.0 Å². The predicted molar refractivity (Wildman–Crippen MR) is 73.0 cm³/mol. The highest BCUT2D eigenvalue weighted by molar-refractivity contribution is 8.00. The molecule has 0 bridgehead atoms. The lowest BCUT2D eigenvalue weighted by Crippen LogP contribution is -2.26. The molecule has 1 aromatic carbocycles. The molecule has 2 rings (SSSR count). The quantitative estimate of drug-likeness (QED) is 0.624. The van der Waals surface area contributed by atoms with Crippen molar-refractivity contribution in [1.82, 2.24) is 5.32 Å². The third-order valence-electron chi connectivity index (χ3n) is 2.79. The van der Waals surface area contributed by atoms with Crippen LogP contribution in [0.5, 0.6) is 0 Å². The molecule has 4 nitrogen and oxygen atoms in total. The SMILES string of the molecule is CC1Sc2ccc(CCNCC=O)cc2NC1=O. The Morgan fingerprint density at radius 2 is 2.33 bits per heavy atom. The summed E-state index contributed by atoms with van der Waals surface area (Å²) in [5.41, 5.74) is 2.05. The van der Waals surface area contributed by atoms with Gasteiger partial charge in [0.15, 0.2) is 0 Å². The molecule has 0 saturated heterocycles. The number of fused-ring (bicyclic) bond motifs is 1. The fourth-order valence-corrected chi connectivity index (χ4v) is 2.74. The first-order valence-electron chi connectivity index (χ1n) is 5.95. The number of aldehydes is 1. The molecule has 1 aliphatic rings. The normalized spacial score (nSPS) is 18.1. The zero-order valence-corrected chi connectivity index (χ0v) is 11.0. The first kappa shape index (κ1) is 13.1. The van der Waals surface area contributed by atoms with Gasteiger partial charge >= 0.3 is 0 Å². The summed E-state index contributed by atoms with van der Waals surface area (Å²) in [6.07, 6.45) is 1.70. The second-order valence-corrected chi connectivity index (χ2v) is 5.58. The summed E-state index contributed by atoms with van der Waals surface area (Å²) in [6.45, 7) is 3.05. The Morgan fingerprint density at radius 1 is 1.50 bits per heavy atom. The van der Waals surface area contributed by atoms with E-state index in [2.05, 4.69) is 16.7 Å². The molecule has 0 aromatic heterocycles. The minimum absolute atomic E-state index is 0.0300. The molecule has 5 heteroatoms. The Bertz CT molecular complexity index is 462. The van der Waals surface area contributed by atoms with Gasteiger partial charge in [-0.05, 0) is 37.6 Å². The lowest BCUT2D eigenvalue weighted by Gasteiger charge is -2.21. The van der Waals surface area contributed by atoms with Crippen molar-refractivity contribution in [3.8, 4) is 0 Å². The Balaban J connectivity index is 2.01. The second kappa shape index (κ2) is 6.02. The van der Waals surface area contributed by atoms with E-state index in [0.29, 0.717) is 6.54 Å². The van der Waals surface area contributed by atoms with E-state index in [9.17, 15) is 9.59 Å². The van der Waals surface area contributed by atoms with E-state index in [1.165, 1.54) is 0 Å². The van der Waals surface area contributed by atoms with Crippen LogP contribution in [0.25, 0.3) is 0 Å². The Hall–Kier alpha value is -1.33. The molecule has 1 aromatic rings. The van der Waals surface area contributed by atoms with Gasteiger partial charge in [-0.1, -0.05) is 6.07 Å². The summed E-state index contributed by atoms with van der Waals surface area (Å²) in [7, 11) is 0. The first-order chi connectivity index (χ1) is 8.70. The number of benzene rings is 1. The minimum atomic E-state index is -0.0300. The molecule has 0 saturated carbocycles. The van der Waals surface area contributed by atoms with Crippen molar-refractivity contribution in [3.63, 3.8) is 0 Å². The smallest absolute Gasteiger partial charge is 0.237 e. The second-order valence-electron chi connectivity index (χ2n) is 4.20. The molecule has 2 N–H and O–H groups in total. The predicted octanol–water partition coefficient (Wildman–Crippen LogP) is 1.45. The van der Waals surface area contributed by atoms with Gasteiger partial charge in [0.1, 0.15) is 6.29 Å². The molecular formula is C13H16N2O2S. The summed E-state index contributed by atoms with van der Waals surface area (Å²) in [4.78, 5) is 22.9. The monoisotopic (exact) mass is 264 g/mol. The summed E-state index contributed by atoms with van der Waals surface area (Å²) >= 11 is 1.59. The summed E-state index contributed by atoms with van der Waals surface area (Å²) < 4.78 is 0. The van der Waals surface area contributed by atoms with Gasteiger partial charge in [0.05, 0.1) is 17.5 Å². The molecule has 1 aliphatic heterocycles. The van der Waals surface area contributed by atoms with E-state index >= 15 is 0 Å². The molecule has 1 amide bonds. The molecule has 0 aliphatic carbocycles. The van der Waals surface area contributed by atoms with Crippen molar-refractivity contribution >= 4 is 29.6 Å². The number of anilines is 1. The standard InChI is InChI=1S/C13H16N2O2S/c1-9-13(17)15-11-8-10(2-3-12(11)18-9)4-5-14-6-7-16/h2-3,7-9,14H,4-6H2,1H3,(H,15,17). The molecule has 0 spiro atoms. The Morgan fingerprint density at radius 3 is 3.11 bits per heavy atom. The van der Waals surface area contributed by atoms with E-state index in [4.69, 9.17) is 0 Å². The Labute approximate surface area is 111 Å². The van der Waals surface area contributed by atoms with Gasteiger partial charge in [-0.15, -0.1) is 11.8 Å². The third kappa shape index (κ3) is 3.11. The number of thioether (sulfide) groups is 1. The van der Waals surface area contributed by atoms with Gasteiger partial charge in [0.2, 0.25) is 5.91 Å². The van der Waals surface area contributed by atoms with Crippen molar-refractivity contribution in [2.24, 2.45) is 0 Å². The van der Waals surface area contributed by atoms with E-state index < -0.39 is 0 Å². The third-order valence-corrected chi connectivity index (χ3v) is 3.97. The summed E-state index contributed by atoms with van der Waals surface area (Å²) in [5, 5.41) is 5.90. The van der Waals surface area contributed by atoms with Crippen LogP contribution in [0, 0.1) is 0 Å². The number of nitrogens with one attached hydrogen (secondary N) is 2. The van der Waals surface area contributed by atoms with Crippen LogP contribution in [0.2, 0.25) is 0 Å². The van der Waals surface area contributed by atoms with Gasteiger partial charge in [0, 0.05) is 4.90 Å². The summed E-state index contributed by atoms with van der Waals surface area (Å²) in [5.74, 6) is 0.0590. The van der Waals surface area contributed by atoms with E-state index in [0.717, 1.165) is 35.4 Å². The summed E-state index contributed by atoms with van der Waals surface area (Å²) in [6, 6.07) is 6.12. The number of hydrogen-bond donors (Lipinski definition) is 2. The van der Waals surface area contributed by atoms with Gasteiger partial charge in [-0.3, -0.25) is 4.79 Å². The van der Waals surface area contributed by atoms with Crippen LogP contribution < -0.4 is 10.6 Å².